The number of oxime groups is 1. The molecule has 2 rings (SSSR count). The molecule has 31 heavy (non-hydrogen) atoms. The molecule has 2 aromatic rings. The van der Waals surface area contributed by atoms with Gasteiger partial charge >= 0.3 is 5.97 Å². The lowest BCUT2D eigenvalue weighted by Crippen LogP contribution is -2.07. The standard InChI is InChI=1S/C24H30ClNO4S/c1-4-7-19-14-18(21(5-2)26-29)8-10-22(19)30-12-6-13-31-23-11-9-17(15-20(23)25)16(3)24(27)28/h8-11,14-16,29H,4-7,12-13H2,1-3H3,(H,27,28). The summed E-state index contributed by atoms with van der Waals surface area (Å²) in [6.07, 6.45) is 3.41. The van der Waals surface area contributed by atoms with Crippen molar-refractivity contribution >= 4 is 35.0 Å². The van der Waals surface area contributed by atoms with Crippen LogP contribution >= 0.6 is 23.4 Å². The molecule has 0 heterocycles. The highest BCUT2D eigenvalue weighted by molar-refractivity contribution is 7.99. The van der Waals surface area contributed by atoms with E-state index in [0.717, 1.165) is 46.8 Å². The number of aryl methyl sites for hydroxylation is 1. The van der Waals surface area contributed by atoms with Crippen molar-refractivity contribution in [3.63, 3.8) is 0 Å². The minimum Gasteiger partial charge on any atom is -0.493 e. The van der Waals surface area contributed by atoms with Crippen molar-refractivity contribution in [2.45, 2.75) is 57.3 Å². The number of thioether (sulfide) groups is 1. The molecule has 1 unspecified atom stereocenters. The first-order chi connectivity index (χ1) is 14.9. The van der Waals surface area contributed by atoms with Gasteiger partial charge in [-0.2, -0.15) is 0 Å². The van der Waals surface area contributed by atoms with Gasteiger partial charge in [0.25, 0.3) is 0 Å². The summed E-state index contributed by atoms with van der Waals surface area (Å²) in [5, 5.41) is 22.3. The van der Waals surface area contributed by atoms with Crippen LogP contribution in [0.2, 0.25) is 5.02 Å². The summed E-state index contributed by atoms with van der Waals surface area (Å²) in [7, 11) is 0. The molecule has 0 saturated heterocycles. The Bertz CT molecular complexity index is 916. The van der Waals surface area contributed by atoms with Crippen LogP contribution in [0.5, 0.6) is 5.75 Å². The molecule has 0 aliphatic rings. The van der Waals surface area contributed by atoms with Crippen molar-refractivity contribution < 1.29 is 19.8 Å². The van der Waals surface area contributed by atoms with Gasteiger partial charge in [0.05, 0.1) is 23.3 Å². The summed E-state index contributed by atoms with van der Waals surface area (Å²) >= 11 is 7.97. The van der Waals surface area contributed by atoms with Crippen molar-refractivity contribution in [1.82, 2.24) is 0 Å². The van der Waals surface area contributed by atoms with Crippen LogP contribution in [0.3, 0.4) is 0 Å². The Morgan fingerprint density at radius 1 is 1.23 bits per heavy atom. The van der Waals surface area contributed by atoms with Gasteiger partial charge in [0.15, 0.2) is 0 Å². The van der Waals surface area contributed by atoms with E-state index in [4.69, 9.17) is 26.7 Å². The zero-order valence-corrected chi connectivity index (χ0v) is 19.8. The molecule has 0 aliphatic heterocycles. The largest absolute Gasteiger partial charge is 0.493 e. The van der Waals surface area contributed by atoms with Gasteiger partial charge in [0.2, 0.25) is 0 Å². The topological polar surface area (TPSA) is 79.1 Å². The Labute approximate surface area is 193 Å². The lowest BCUT2D eigenvalue weighted by Gasteiger charge is -2.13. The summed E-state index contributed by atoms with van der Waals surface area (Å²) in [6, 6.07) is 11.4. The van der Waals surface area contributed by atoms with Gasteiger partial charge in [-0.05, 0) is 73.2 Å². The smallest absolute Gasteiger partial charge is 0.310 e. The quantitative estimate of drug-likeness (QED) is 0.121. The van der Waals surface area contributed by atoms with Crippen LogP contribution in [0.15, 0.2) is 46.4 Å². The van der Waals surface area contributed by atoms with Gasteiger partial charge in [-0.25, -0.2) is 0 Å². The van der Waals surface area contributed by atoms with Crippen LogP contribution in [-0.4, -0.2) is 34.4 Å². The van der Waals surface area contributed by atoms with Gasteiger partial charge in [-0.1, -0.05) is 43.1 Å². The van der Waals surface area contributed by atoms with Crippen LogP contribution in [0.25, 0.3) is 0 Å². The molecule has 2 aromatic carbocycles. The number of rotatable bonds is 12. The lowest BCUT2D eigenvalue weighted by molar-refractivity contribution is -0.138. The molecule has 7 heteroatoms. The van der Waals surface area contributed by atoms with E-state index in [9.17, 15) is 4.79 Å². The summed E-state index contributed by atoms with van der Waals surface area (Å²) < 4.78 is 6.02. The van der Waals surface area contributed by atoms with Crippen molar-refractivity contribution in [3.05, 3.63) is 58.1 Å². The third-order valence-electron chi connectivity index (χ3n) is 5.00. The first kappa shape index (κ1) is 25.1. The first-order valence-corrected chi connectivity index (χ1v) is 11.9. The van der Waals surface area contributed by atoms with Crippen molar-refractivity contribution in [1.29, 1.82) is 0 Å². The maximum absolute atomic E-state index is 11.1. The van der Waals surface area contributed by atoms with Gasteiger partial charge in [0.1, 0.15) is 5.75 Å². The molecule has 0 spiro atoms. The van der Waals surface area contributed by atoms with E-state index < -0.39 is 11.9 Å². The molecule has 0 aliphatic carbocycles. The molecule has 0 amide bonds. The highest BCUT2D eigenvalue weighted by Gasteiger charge is 2.15. The number of carbonyl (C=O) groups is 1. The van der Waals surface area contributed by atoms with Gasteiger partial charge in [0, 0.05) is 10.6 Å². The Balaban J connectivity index is 1.90. The van der Waals surface area contributed by atoms with Gasteiger partial charge in [-0.15, -0.1) is 11.8 Å². The third-order valence-corrected chi connectivity index (χ3v) is 6.58. The highest BCUT2D eigenvalue weighted by Crippen LogP contribution is 2.31. The van der Waals surface area contributed by atoms with Crippen molar-refractivity contribution in [2.75, 3.05) is 12.4 Å². The van der Waals surface area contributed by atoms with E-state index in [1.165, 1.54) is 0 Å². The number of halogens is 1. The van der Waals surface area contributed by atoms with Crippen LogP contribution in [0.4, 0.5) is 0 Å². The van der Waals surface area contributed by atoms with E-state index in [1.807, 2.05) is 37.3 Å². The summed E-state index contributed by atoms with van der Waals surface area (Å²) in [5.74, 6) is 0.268. The molecule has 0 bridgehead atoms. The highest BCUT2D eigenvalue weighted by atomic mass is 35.5. The van der Waals surface area contributed by atoms with Crippen molar-refractivity contribution in [2.24, 2.45) is 5.16 Å². The number of nitrogens with zero attached hydrogens (tertiary/aromatic N) is 1. The Hall–Kier alpha value is -2.18. The Kier molecular flexibility index (Phi) is 10.2. The number of hydrogen-bond acceptors (Lipinski definition) is 5. The Morgan fingerprint density at radius 3 is 2.61 bits per heavy atom. The zero-order chi connectivity index (χ0) is 22.8. The van der Waals surface area contributed by atoms with Crippen LogP contribution in [-0.2, 0) is 11.2 Å². The number of benzene rings is 2. The fourth-order valence-corrected chi connectivity index (χ4v) is 4.36. The monoisotopic (exact) mass is 463 g/mol. The Morgan fingerprint density at radius 2 is 2.00 bits per heavy atom. The SMILES string of the molecule is CCCc1cc(C(CC)=NO)ccc1OCCCSc1ccc(C(C)C(=O)O)cc1Cl. The van der Waals surface area contributed by atoms with Crippen molar-refractivity contribution in [3.8, 4) is 5.75 Å². The predicted octanol–water partition coefficient (Wildman–Crippen LogP) is 6.63. The second-order valence-corrected chi connectivity index (χ2v) is 8.82. The molecule has 1 atom stereocenters. The van der Waals surface area contributed by atoms with E-state index >= 15 is 0 Å². The summed E-state index contributed by atoms with van der Waals surface area (Å²) in [6.45, 7) is 6.32. The fourth-order valence-electron chi connectivity index (χ4n) is 3.17. The number of carboxylic acids is 1. The van der Waals surface area contributed by atoms with Gasteiger partial charge in [-0.3, -0.25) is 4.79 Å². The molecular weight excluding hydrogens is 434 g/mol. The minimum atomic E-state index is -0.862. The molecular formula is C24H30ClNO4S. The summed E-state index contributed by atoms with van der Waals surface area (Å²) in [4.78, 5) is 12.1. The second kappa shape index (κ2) is 12.6. The molecule has 0 aromatic heterocycles. The molecule has 5 nitrogen and oxygen atoms in total. The van der Waals surface area contributed by atoms with Crippen LogP contribution in [0, 0.1) is 0 Å². The zero-order valence-electron chi connectivity index (χ0n) is 18.2. The maximum Gasteiger partial charge on any atom is 0.310 e. The predicted molar refractivity (Wildman–Crippen MR) is 127 cm³/mol. The number of ether oxygens (including phenoxy) is 1. The molecule has 0 fully saturated rings. The number of carboxylic acid groups (broad SMARTS) is 1. The molecule has 168 valence electrons. The maximum atomic E-state index is 11.1. The average molecular weight is 464 g/mol. The summed E-state index contributed by atoms with van der Waals surface area (Å²) in [5.41, 5.74) is 3.41. The van der Waals surface area contributed by atoms with E-state index in [-0.39, 0.29) is 0 Å². The normalized spacial score (nSPS) is 12.6. The number of hydrogen-bond donors (Lipinski definition) is 2. The van der Waals surface area contributed by atoms with E-state index in [2.05, 4.69) is 12.1 Å². The first-order valence-electron chi connectivity index (χ1n) is 10.5. The molecule has 0 radical (unpaired) electrons. The third kappa shape index (κ3) is 7.18. The fraction of sp³-hybridized carbons (Fsp3) is 0.417. The van der Waals surface area contributed by atoms with E-state index in [1.54, 1.807) is 24.8 Å². The number of aliphatic carboxylic acids is 1. The van der Waals surface area contributed by atoms with Crippen LogP contribution < -0.4 is 4.74 Å². The van der Waals surface area contributed by atoms with Crippen LogP contribution in [0.1, 0.15) is 62.6 Å². The van der Waals surface area contributed by atoms with Gasteiger partial charge < -0.3 is 15.1 Å². The molecule has 2 N–H and O–H groups in total. The second-order valence-electron chi connectivity index (χ2n) is 7.27. The molecule has 0 saturated carbocycles. The van der Waals surface area contributed by atoms with E-state index in [0.29, 0.717) is 29.3 Å². The minimum absolute atomic E-state index is 0.578. The average Bonchev–Trinajstić information content (AvgIpc) is 2.76. The lowest BCUT2D eigenvalue weighted by atomic mass is 10.0.